The molecule has 0 spiro atoms. The van der Waals surface area contributed by atoms with Crippen LogP contribution in [0.2, 0.25) is 5.02 Å². The SMILES string of the molecule is CC(=O)Oc1cc2c(c(Cl)c1OC(C)=O)CCN(Cc1ccccc1)CC2c1ccccc1.Cl. The molecule has 0 fully saturated rings. The van der Waals surface area contributed by atoms with Crippen molar-refractivity contribution in [1.29, 1.82) is 0 Å². The third-order valence-corrected chi connectivity index (χ3v) is 6.17. The maximum absolute atomic E-state index is 11.8. The Morgan fingerprint density at radius 2 is 1.59 bits per heavy atom. The second-order valence-corrected chi connectivity index (χ2v) is 8.58. The molecule has 0 saturated carbocycles. The minimum atomic E-state index is -0.524. The standard InChI is InChI=1S/C27H26ClNO4.ClH/c1-18(30)32-25-15-23-22(26(28)27(25)33-19(2)31)13-14-29(16-20-9-5-3-6-10-20)17-24(23)21-11-7-4-8-12-21;/h3-12,15,24H,13-14,16-17H2,1-2H3;1H. The van der Waals surface area contributed by atoms with Crippen LogP contribution in [0, 0.1) is 0 Å². The quantitative estimate of drug-likeness (QED) is 0.327. The number of hydrogen-bond donors (Lipinski definition) is 0. The molecule has 0 N–H and O–H groups in total. The minimum Gasteiger partial charge on any atom is -0.423 e. The number of carbonyl (C=O) groups is 2. The lowest BCUT2D eigenvalue weighted by Gasteiger charge is -2.26. The molecule has 1 heterocycles. The highest BCUT2D eigenvalue weighted by Gasteiger charge is 2.30. The Labute approximate surface area is 211 Å². The van der Waals surface area contributed by atoms with Crippen molar-refractivity contribution in [2.24, 2.45) is 0 Å². The molecule has 3 aromatic carbocycles. The minimum absolute atomic E-state index is 0. The van der Waals surface area contributed by atoms with Gasteiger partial charge in [0.1, 0.15) is 0 Å². The largest absolute Gasteiger partial charge is 0.423 e. The van der Waals surface area contributed by atoms with E-state index in [4.69, 9.17) is 21.1 Å². The average molecular weight is 500 g/mol. The van der Waals surface area contributed by atoms with E-state index in [0.29, 0.717) is 11.4 Å². The summed E-state index contributed by atoms with van der Waals surface area (Å²) in [5.74, 6) is -0.759. The van der Waals surface area contributed by atoms with Crippen LogP contribution in [0.15, 0.2) is 66.7 Å². The zero-order valence-electron chi connectivity index (χ0n) is 19.1. The van der Waals surface area contributed by atoms with Crippen LogP contribution in [0.4, 0.5) is 0 Å². The van der Waals surface area contributed by atoms with Gasteiger partial charge in [-0.05, 0) is 34.7 Å². The van der Waals surface area contributed by atoms with Crippen molar-refractivity contribution in [3.63, 3.8) is 0 Å². The normalized spacial score (nSPS) is 15.4. The van der Waals surface area contributed by atoms with Gasteiger partial charge in [0.25, 0.3) is 0 Å². The summed E-state index contributed by atoms with van der Waals surface area (Å²) in [7, 11) is 0. The first-order valence-corrected chi connectivity index (χ1v) is 11.3. The fourth-order valence-electron chi connectivity index (χ4n) is 4.37. The van der Waals surface area contributed by atoms with Crippen LogP contribution >= 0.6 is 24.0 Å². The van der Waals surface area contributed by atoms with Crippen LogP contribution in [0.25, 0.3) is 0 Å². The molecule has 0 bridgehead atoms. The molecule has 0 aliphatic carbocycles. The molecule has 178 valence electrons. The lowest BCUT2D eigenvalue weighted by atomic mass is 9.87. The molecule has 1 atom stereocenters. The van der Waals surface area contributed by atoms with Gasteiger partial charge in [0.15, 0.2) is 11.5 Å². The number of ether oxygens (including phenoxy) is 2. The van der Waals surface area contributed by atoms with Gasteiger partial charge in [-0.2, -0.15) is 0 Å². The smallest absolute Gasteiger partial charge is 0.308 e. The Morgan fingerprint density at radius 3 is 2.21 bits per heavy atom. The molecule has 1 aliphatic rings. The summed E-state index contributed by atoms with van der Waals surface area (Å²) in [5, 5.41) is 0.321. The third-order valence-electron chi connectivity index (χ3n) is 5.77. The number of hydrogen-bond acceptors (Lipinski definition) is 5. The van der Waals surface area contributed by atoms with Crippen LogP contribution in [0.5, 0.6) is 11.5 Å². The first-order valence-electron chi connectivity index (χ1n) is 11.0. The maximum Gasteiger partial charge on any atom is 0.308 e. The van der Waals surface area contributed by atoms with Crippen LogP contribution < -0.4 is 9.47 Å². The van der Waals surface area contributed by atoms with Crippen molar-refractivity contribution >= 4 is 35.9 Å². The number of rotatable bonds is 5. The summed E-state index contributed by atoms with van der Waals surface area (Å²) < 4.78 is 10.8. The van der Waals surface area contributed by atoms with E-state index in [2.05, 4.69) is 29.2 Å². The topological polar surface area (TPSA) is 55.8 Å². The first-order chi connectivity index (χ1) is 15.9. The van der Waals surface area contributed by atoms with Crippen molar-refractivity contribution in [2.75, 3.05) is 13.1 Å². The molecule has 0 amide bonds. The molecule has 3 aromatic rings. The van der Waals surface area contributed by atoms with Gasteiger partial charge in [0, 0.05) is 39.4 Å². The van der Waals surface area contributed by atoms with Gasteiger partial charge in [-0.3, -0.25) is 14.5 Å². The molecule has 7 heteroatoms. The summed E-state index contributed by atoms with van der Waals surface area (Å²) >= 11 is 6.81. The highest BCUT2D eigenvalue weighted by atomic mass is 35.5. The number of nitrogens with zero attached hydrogens (tertiary/aromatic N) is 1. The predicted octanol–water partition coefficient (Wildman–Crippen LogP) is 5.80. The maximum atomic E-state index is 11.8. The van der Waals surface area contributed by atoms with Crippen LogP contribution in [0.1, 0.15) is 42.0 Å². The fraction of sp³-hybridized carbons (Fsp3) is 0.259. The van der Waals surface area contributed by atoms with E-state index in [9.17, 15) is 9.59 Å². The van der Waals surface area contributed by atoms with E-state index in [1.165, 1.54) is 19.4 Å². The Kier molecular flexibility index (Phi) is 8.72. The highest BCUT2D eigenvalue weighted by Crippen LogP contribution is 2.45. The molecule has 4 rings (SSSR count). The van der Waals surface area contributed by atoms with Crippen molar-refractivity contribution in [3.8, 4) is 11.5 Å². The van der Waals surface area contributed by atoms with Gasteiger partial charge >= 0.3 is 11.9 Å². The summed E-state index contributed by atoms with van der Waals surface area (Å²) in [6, 6.07) is 22.4. The molecular formula is C27H27Cl2NO4. The van der Waals surface area contributed by atoms with E-state index in [0.717, 1.165) is 36.3 Å². The Hall–Kier alpha value is -2.86. The molecule has 0 saturated heterocycles. The average Bonchev–Trinajstić information content (AvgIpc) is 2.97. The molecule has 0 aromatic heterocycles. The molecule has 34 heavy (non-hydrogen) atoms. The van der Waals surface area contributed by atoms with Crippen molar-refractivity contribution < 1.29 is 19.1 Å². The Bertz CT molecular complexity index is 1150. The Balaban J connectivity index is 0.00000324. The lowest BCUT2D eigenvalue weighted by molar-refractivity contribution is -0.134. The first kappa shape index (κ1) is 25.8. The van der Waals surface area contributed by atoms with Gasteiger partial charge in [0.05, 0.1) is 5.02 Å². The van der Waals surface area contributed by atoms with E-state index in [1.807, 2.05) is 42.5 Å². The summed E-state index contributed by atoms with van der Waals surface area (Å²) in [6.07, 6.45) is 0.680. The van der Waals surface area contributed by atoms with Crippen molar-refractivity contribution in [2.45, 2.75) is 32.7 Å². The number of halogens is 2. The summed E-state index contributed by atoms with van der Waals surface area (Å²) in [5.41, 5.74) is 4.27. The summed E-state index contributed by atoms with van der Waals surface area (Å²) in [6.45, 7) is 4.98. The summed E-state index contributed by atoms with van der Waals surface area (Å²) in [4.78, 5) is 25.9. The predicted molar refractivity (Wildman–Crippen MR) is 135 cm³/mol. The van der Waals surface area contributed by atoms with Gasteiger partial charge in [-0.25, -0.2) is 0 Å². The second kappa shape index (κ2) is 11.5. The third kappa shape index (κ3) is 5.98. The number of fused-ring (bicyclic) bond motifs is 1. The molecule has 0 radical (unpaired) electrons. The number of benzene rings is 3. The zero-order valence-corrected chi connectivity index (χ0v) is 20.7. The Morgan fingerprint density at radius 1 is 0.971 bits per heavy atom. The van der Waals surface area contributed by atoms with Crippen LogP contribution in [-0.2, 0) is 22.6 Å². The lowest BCUT2D eigenvalue weighted by Crippen LogP contribution is -2.28. The van der Waals surface area contributed by atoms with Crippen molar-refractivity contribution in [3.05, 3.63) is 94.0 Å². The monoisotopic (exact) mass is 499 g/mol. The number of esters is 2. The van der Waals surface area contributed by atoms with E-state index in [1.54, 1.807) is 0 Å². The van der Waals surface area contributed by atoms with Gasteiger partial charge in [-0.1, -0.05) is 72.3 Å². The zero-order chi connectivity index (χ0) is 23.4. The van der Waals surface area contributed by atoms with Crippen LogP contribution in [-0.4, -0.2) is 29.9 Å². The molecule has 5 nitrogen and oxygen atoms in total. The second-order valence-electron chi connectivity index (χ2n) is 8.21. The molecular weight excluding hydrogens is 473 g/mol. The van der Waals surface area contributed by atoms with Gasteiger partial charge in [-0.15, -0.1) is 12.4 Å². The fourth-order valence-corrected chi connectivity index (χ4v) is 4.71. The molecule has 1 unspecified atom stereocenters. The van der Waals surface area contributed by atoms with E-state index in [-0.39, 0.29) is 29.8 Å². The molecule has 1 aliphatic heterocycles. The van der Waals surface area contributed by atoms with Gasteiger partial charge in [0.2, 0.25) is 0 Å². The van der Waals surface area contributed by atoms with Crippen LogP contribution in [0.3, 0.4) is 0 Å². The van der Waals surface area contributed by atoms with Gasteiger partial charge < -0.3 is 9.47 Å². The van der Waals surface area contributed by atoms with E-state index < -0.39 is 11.9 Å². The highest BCUT2D eigenvalue weighted by molar-refractivity contribution is 6.33. The van der Waals surface area contributed by atoms with Crippen molar-refractivity contribution in [1.82, 2.24) is 4.90 Å². The van der Waals surface area contributed by atoms with E-state index >= 15 is 0 Å². The number of carbonyl (C=O) groups excluding carboxylic acids is 2.